The molecule has 1 aliphatic heterocycles. The van der Waals surface area contributed by atoms with Crippen LogP contribution in [0.15, 0.2) is 48.5 Å². The fourth-order valence-corrected chi connectivity index (χ4v) is 2.32. The number of rotatable bonds is 2. The van der Waals surface area contributed by atoms with Crippen molar-refractivity contribution in [3.05, 3.63) is 70.8 Å². The van der Waals surface area contributed by atoms with Gasteiger partial charge in [0, 0.05) is 11.1 Å². The van der Waals surface area contributed by atoms with E-state index in [9.17, 15) is 9.59 Å². The summed E-state index contributed by atoms with van der Waals surface area (Å²) >= 11 is 5.57. The molecule has 0 saturated carbocycles. The van der Waals surface area contributed by atoms with Crippen LogP contribution in [0.3, 0.4) is 0 Å². The van der Waals surface area contributed by atoms with E-state index in [4.69, 9.17) is 16.3 Å². The van der Waals surface area contributed by atoms with E-state index in [0.717, 1.165) is 5.56 Å². The predicted octanol–water partition coefficient (Wildman–Crippen LogP) is 3.73. The molecule has 3 rings (SSSR count). The number of carbonyl (C=O) groups excluding carboxylic acids is 2. The molecule has 4 heteroatoms. The van der Waals surface area contributed by atoms with Crippen LogP contribution in [0.5, 0.6) is 0 Å². The molecule has 2 aromatic rings. The van der Waals surface area contributed by atoms with Crippen LogP contribution in [0.25, 0.3) is 11.8 Å². The summed E-state index contributed by atoms with van der Waals surface area (Å²) in [6.07, 6.45) is 1.72. The van der Waals surface area contributed by atoms with E-state index < -0.39 is 11.2 Å². The molecule has 0 aromatic heterocycles. The molecular formula is C16H9ClO3. The number of benzene rings is 2. The fourth-order valence-electron chi connectivity index (χ4n) is 2.16. The number of esters is 1. The first-order valence-electron chi connectivity index (χ1n) is 5.99. The standard InChI is InChI=1S/C16H9ClO3/c17-15(18)11-7-4-8-12-14(11)13(20-16(12)19)9-10-5-2-1-3-6-10/h1-9H. The summed E-state index contributed by atoms with van der Waals surface area (Å²) in [5.41, 5.74) is 1.97. The van der Waals surface area contributed by atoms with Gasteiger partial charge in [-0.3, -0.25) is 4.79 Å². The lowest BCUT2D eigenvalue weighted by molar-refractivity contribution is 0.0717. The Morgan fingerprint density at radius 1 is 1.05 bits per heavy atom. The van der Waals surface area contributed by atoms with Gasteiger partial charge in [-0.2, -0.15) is 0 Å². The summed E-state index contributed by atoms with van der Waals surface area (Å²) in [6, 6.07) is 14.2. The molecule has 3 nitrogen and oxygen atoms in total. The van der Waals surface area contributed by atoms with Gasteiger partial charge >= 0.3 is 5.97 Å². The maximum Gasteiger partial charge on any atom is 0.344 e. The molecule has 0 radical (unpaired) electrons. The van der Waals surface area contributed by atoms with Crippen molar-refractivity contribution in [3.63, 3.8) is 0 Å². The van der Waals surface area contributed by atoms with Crippen molar-refractivity contribution in [2.45, 2.75) is 0 Å². The molecule has 0 fully saturated rings. The van der Waals surface area contributed by atoms with Crippen LogP contribution in [0.2, 0.25) is 0 Å². The van der Waals surface area contributed by atoms with Gasteiger partial charge in [-0.15, -0.1) is 0 Å². The first kappa shape index (κ1) is 12.6. The molecule has 1 heterocycles. The molecule has 1 aliphatic rings. The zero-order valence-electron chi connectivity index (χ0n) is 10.3. The Bertz CT molecular complexity index is 733. The van der Waals surface area contributed by atoms with Gasteiger partial charge < -0.3 is 4.74 Å². The molecule has 0 atom stereocenters. The number of halogens is 1. The highest BCUT2D eigenvalue weighted by Crippen LogP contribution is 2.34. The van der Waals surface area contributed by atoms with E-state index in [0.29, 0.717) is 16.9 Å². The molecule has 0 N–H and O–H groups in total. The smallest absolute Gasteiger partial charge is 0.344 e. The van der Waals surface area contributed by atoms with E-state index >= 15 is 0 Å². The van der Waals surface area contributed by atoms with Gasteiger partial charge in [0.1, 0.15) is 5.76 Å². The Kier molecular flexibility index (Phi) is 3.12. The van der Waals surface area contributed by atoms with Gasteiger partial charge in [0.25, 0.3) is 5.24 Å². The van der Waals surface area contributed by atoms with Crippen molar-refractivity contribution in [3.8, 4) is 0 Å². The number of fused-ring (bicyclic) bond motifs is 1. The van der Waals surface area contributed by atoms with Crippen molar-refractivity contribution in [2.24, 2.45) is 0 Å². The second kappa shape index (κ2) is 4.94. The van der Waals surface area contributed by atoms with Gasteiger partial charge in [-0.25, -0.2) is 4.79 Å². The monoisotopic (exact) mass is 284 g/mol. The minimum Gasteiger partial charge on any atom is -0.422 e. The highest BCUT2D eigenvalue weighted by atomic mass is 35.5. The minimum atomic E-state index is -0.612. The maximum absolute atomic E-state index is 11.8. The average Bonchev–Trinajstić information content (AvgIpc) is 2.77. The summed E-state index contributed by atoms with van der Waals surface area (Å²) in [6.45, 7) is 0. The molecule has 0 unspecified atom stereocenters. The zero-order chi connectivity index (χ0) is 14.1. The lowest BCUT2D eigenvalue weighted by Crippen LogP contribution is -1.97. The first-order valence-corrected chi connectivity index (χ1v) is 6.37. The number of ether oxygens (including phenoxy) is 1. The average molecular weight is 285 g/mol. The van der Waals surface area contributed by atoms with Crippen LogP contribution < -0.4 is 0 Å². The van der Waals surface area contributed by atoms with Crippen molar-refractivity contribution in [1.29, 1.82) is 0 Å². The molecule has 0 bridgehead atoms. The van der Waals surface area contributed by atoms with Gasteiger partial charge in [-0.05, 0) is 35.4 Å². The van der Waals surface area contributed by atoms with Crippen LogP contribution in [0.1, 0.15) is 31.8 Å². The van der Waals surface area contributed by atoms with Gasteiger partial charge in [-0.1, -0.05) is 36.4 Å². The van der Waals surface area contributed by atoms with E-state index in [1.54, 1.807) is 24.3 Å². The van der Waals surface area contributed by atoms with Crippen LogP contribution in [0, 0.1) is 0 Å². The van der Waals surface area contributed by atoms with Crippen LogP contribution in [-0.4, -0.2) is 11.2 Å². The number of cyclic esters (lactones) is 1. The molecule has 0 amide bonds. The minimum absolute atomic E-state index is 0.275. The normalized spacial score (nSPS) is 15.1. The van der Waals surface area contributed by atoms with Crippen LogP contribution in [0.4, 0.5) is 0 Å². The summed E-state index contributed by atoms with van der Waals surface area (Å²) in [4.78, 5) is 23.3. The fraction of sp³-hybridized carbons (Fsp3) is 0. The van der Waals surface area contributed by atoms with Gasteiger partial charge in [0.15, 0.2) is 0 Å². The Hall–Kier alpha value is -2.39. The SMILES string of the molecule is O=C(Cl)c1cccc2c1C(=Cc1ccccc1)OC2=O. The maximum atomic E-state index is 11.8. The van der Waals surface area contributed by atoms with E-state index in [-0.39, 0.29) is 5.56 Å². The molecule has 2 aromatic carbocycles. The Balaban J connectivity index is 2.18. The Morgan fingerprint density at radius 2 is 1.80 bits per heavy atom. The first-order chi connectivity index (χ1) is 9.66. The molecule has 0 aliphatic carbocycles. The molecule has 0 saturated heterocycles. The molecule has 98 valence electrons. The molecular weight excluding hydrogens is 276 g/mol. The zero-order valence-corrected chi connectivity index (χ0v) is 11.1. The highest BCUT2D eigenvalue weighted by molar-refractivity contribution is 6.68. The summed E-state index contributed by atoms with van der Waals surface area (Å²) in [5.74, 6) is -0.122. The number of hydrogen-bond acceptors (Lipinski definition) is 3. The third-order valence-corrected chi connectivity index (χ3v) is 3.25. The van der Waals surface area contributed by atoms with Crippen LogP contribution >= 0.6 is 11.6 Å². The highest BCUT2D eigenvalue weighted by Gasteiger charge is 2.30. The van der Waals surface area contributed by atoms with Crippen LogP contribution in [-0.2, 0) is 4.74 Å². The Labute approximate surface area is 120 Å². The third-order valence-electron chi connectivity index (χ3n) is 3.04. The second-order valence-corrected chi connectivity index (χ2v) is 4.65. The summed E-state index contributed by atoms with van der Waals surface area (Å²) in [5, 5.41) is -0.612. The van der Waals surface area contributed by atoms with E-state index in [2.05, 4.69) is 0 Å². The van der Waals surface area contributed by atoms with E-state index in [1.807, 2.05) is 30.3 Å². The molecule has 0 spiro atoms. The van der Waals surface area contributed by atoms with Gasteiger partial charge in [0.2, 0.25) is 0 Å². The summed E-state index contributed by atoms with van der Waals surface area (Å²) < 4.78 is 5.24. The number of hydrogen-bond donors (Lipinski definition) is 0. The topological polar surface area (TPSA) is 43.4 Å². The predicted molar refractivity (Wildman–Crippen MR) is 76.4 cm³/mol. The van der Waals surface area contributed by atoms with Gasteiger partial charge in [0.05, 0.1) is 5.56 Å². The van der Waals surface area contributed by atoms with Crippen molar-refractivity contribution >= 4 is 34.6 Å². The third kappa shape index (κ3) is 2.12. The van der Waals surface area contributed by atoms with Crippen molar-refractivity contribution in [1.82, 2.24) is 0 Å². The quantitative estimate of drug-likeness (QED) is 0.623. The summed E-state index contributed by atoms with van der Waals surface area (Å²) in [7, 11) is 0. The Morgan fingerprint density at radius 3 is 2.50 bits per heavy atom. The lowest BCUT2D eigenvalue weighted by atomic mass is 10.0. The van der Waals surface area contributed by atoms with Crippen molar-refractivity contribution in [2.75, 3.05) is 0 Å². The molecule has 20 heavy (non-hydrogen) atoms. The number of carbonyl (C=O) groups is 2. The largest absolute Gasteiger partial charge is 0.422 e. The van der Waals surface area contributed by atoms with Crippen molar-refractivity contribution < 1.29 is 14.3 Å². The second-order valence-electron chi connectivity index (χ2n) is 4.31. The lowest BCUT2D eigenvalue weighted by Gasteiger charge is -2.03. The van der Waals surface area contributed by atoms with E-state index in [1.165, 1.54) is 0 Å².